The van der Waals surface area contributed by atoms with Crippen LogP contribution < -0.4 is 15.8 Å². The normalized spacial score (nSPS) is 17.0. The van der Waals surface area contributed by atoms with Gasteiger partial charge in [0.05, 0.1) is 13.2 Å². The highest BCUT2D eigenvalue weighted by Gasteiger charge is 2.26. The molecule has 0 aliphatic carbocycles. The molecule has 5 heteroatoms. The van der Waals surface area contributed by atoms with Crippen molar-refractivity contribution in [3.8, 4) is 5.75 Å². The minimum Gasteiger partial charge on any atom is -0.497 e. The van der Waals surface area contributed by atoms with Crippen molar-refractivity contribution in [1.82, 2.24) is 5.32 Å². The maximum absolute atomic E-state index is 12.0. The van der Waals surface area contributed by atoms with Gasteiger partial charge in [0.15, 0.2) is 0 Å². The van der Waals surface area contributed by atoms with Gasteiger partial charge in [0.25, 0.3) is 0 Å². The van der Waals surface area contributed by atoms with Crippen LogP contribution in [0.3, 0.4) is 0 Å². The minimum atomic E-state index is -0.412. The summed E-state index contributed by atoms with van der Waals surface area (Å²) in [7, 11) is 1.66. The summed E-state index contributed by atoms with van der Waals surface area (Å²) in [6.07, 6.45) is 3.58. The van der Waals surface area contributed by atoms with Crippen molar-refractivity contribution in [1.29, 1.82) is 0 Å². The summed E-state index contributed by atoms with van der Waals surface area (Å²) in [5.74, 6) is 1.07. The van der Waals surface area contributed by atoms with Crippen molar-refractivity contribution >= 4 is 5.91 Å². The first-order chi connectivity index (χ1) is 10.7. The maximum atomic E-state index is 12.0. The molecule has 1 atom stereocenters. The summed E-state index contributed by atoms with van der Waals surface area (Å²) >= 11 is 0. The Morgan fingerprint density at radius 3 is 2.68 bits per heavy atom. The lowest BCUT2D eigenvalue weighted by Crippen LogP contribution is -2.47. The van der Waals surface area contributed by atoms with Crippen molar-refractivity contribution in [2.75, 3.05) is 26.9 Å². The van der Waals surface area contributed by atoms with E-state index >= 15 is 0 Å². The third-order valence-electron chi connectivity index (χ3n) is 4.18. The van der Waals surface area contributed by atoms with Crippen molar-refractivity contribution < 1.29 is 14.3 Å². The van der Waals surface area contributed by atoms with E-state index in [-0.39, 0.29) is 11.8 Å². The molecule has 22 heavy (non-hydrogen) atoms. The van der Waals surface area contributed by atoms with E-state index in [1.165, 1.54) is 5.56 Å². The molecule has 0 aromatic heterocycles. The zero-order chi connectivity index (χ0) is 15.8. The van der Waals surface area contributed by atoms with Crippen LogP contribution in [0.25, 0.3) is 0 Å². The largest absolute Gasteiger partial charge is 0.497 e. The highest BCUT2D eigenvalue weighted by Crippen LogP contribution is 2.17. The van der Waals surface area contributed by atoms with Gasteiger partial charge in [-0.1, -0.05) is 12.1 Å². The molecule has 1 fully saturated rings. The Labute approximate surface area is 132 Å². The summed E-state index contributed by atoms with van der Waals surface area (Å²) in [4.78, 5) is 12.0. The third-order valence-corrected chi connectivity index (χ3v) is 4.18. The van der Waals surface area contributed by atoms with Crippen LogP contribution in [0.1, 0.15) is 24.8 Å². The molecule has 1 unspecified atom stereocenters. The summed E-state index contributed by atoms with van der Waals surface area (Å²) in [6.45, 7) is 2.08. The van der Waals surface area contributed by atoms with E-state index in [2.05, 4.69) is 17.4 Å². The lowest BCUT2D eigenvalue weighted by molar-refractivity contribution is -0.124. The summed E-state index contributed by atoms with van der Waals surface area (Å²) in [5.41, 5.74) is 7.28. The van der Waals surface area contributed by atoms with E-state index in [1.807, 2.05) is 12.1 Å². The summed E-state index contributed by atoms with van der Waals surface area (Å²) in [5, 5.41) is 2.94. The second-order valence-electron chi connectivity index (χ2n) is 5.72. The predicted molar refractivity (Wildman–Crippen MR) is 85.8 cm³/mol. The molecule has 1 heterocycles. The van der Waals surface area contributed by atoms with Crippen LogP contribution in [-0.2, 0) is 16.0 Å². The number of carbonyl (C=O) groups is 1. The van der Waals surface area contributed by atoms with Gasteiger partial charge in [0.1, 0.15) is 5.75 Å². The number of benzene rings is 1. The van der Waals surface area contributed by atoms with E-state index in [0.717, 1.165) is 31.4 Å². The van der Waals surface area contributed by atoms with Crippen molar-refractivity contribution in [2.45, 2.75) is 31.7 Å². The number of nitrogens with one attached hydrogen (secondary N) is 1. The van der Waals surface area contributed by atoms with Gasteiger partial charge in [-0.25, -0.2) is 0 Å². The van der Waals surface area contributed by atoms with Crippen molar-refractivity contribution in [2.24, 2.45) is 11.7 Å². The van der Waals surface area contributed by atoms with Gasteiger partial charge < -0.3 is 20.5 Å². The molecule has 0 spiro atoms. The molecule has 122 valence electrons. The Morgan fingerprint density at radius 1 is 1.36 bits per heavy atom. The molecular weight excluding hydrogens is 280 g/mol. The summed E-state index contributed by atoms with van der Waals surface area (Å²) in [6, 6.07) is 7.59. The molecule has 1 saturated heterocycles. The molecule has 0 radical (unpaired) electrons. The van der Waals surface area contributed by atoms with Crippen LogP contribution >= 0.6 is 0 Å². The van der Waals surface area contributed by atoms with Gasteiger partial charge in [-0.05, 0) is 49.3 Å². The van der Waals surface area contributed by atoms with Gasteiger partial charge in [-0.2, -0.15) is 0 Å². The fourth-order valence-electron chi connectivity index (χ4n) is 2.70. The number of aryl methyl sites for hydroxylation is 1. The Hall–Kier alpha value is -1.59. The fraction of sp³-hybridized carbons (Fsp3) is 0.588. The Morgan fingerprint density at radius 2 is 2.05 bits per heavy atom. The fourth-order valence-corrected chi connectivity index (χ4v) is 2.70. The second kappa shape index (κ2) is 8.76. The molecule has 3 N–H and O–H groups in total. The van der Waals surface area contributed by atoms with Gasteiger partial charge in [0, 0.05) is 19.8 Å². The van der Waals surface area contributed by atoms with Crippen LogP contribution in [0.2, 0.25) is 0 Å². The van der Waals surface area contributed by atoms with E-state index in [4.69, 9.17) is 15.2 Å². The highest BCUT2D eigenvalue weighted by molar-refractivity contribution is 5.81. The average Bonchev–Trinajstić information content (AvgIpc) is 2.59. The van der Waals surface area contributed by atoms with Gasteiger partial charge in [-0.15, -0.1) is 0 Å². The number of rotatable bonds is 7. The predicted octanol–water partition coefficient (Wildman–Crippen LogP) is 1.50. The highest BCUT2D eigenvalue weighted by atomic mass is 16.5. The number of carbonyl (C=O) groups excluding carboxylic acids is 1. The smallest absolute Gasteiger partial charge is 0.237 e. The van der Waals surface area contributed by atoms with Gasteiger partial charge in [-0.3, -0.25) is 4.79 Å². The van der Waals surface area contributed by atoms with E-state index < -0.39 is 6.04 Å². The van der Waals surface area contributed by atoms with Crippen LogP contribution in [0.15, 0.2) is 24.3 Å². The Bertz CT molecular complexity index is 455. The number of amides is 1. The zero-order valence-electron chi connectivity index (χ0n) is 13.2. The number of hydrogen-bond donors (Lipinski definition) is 2. The first-order valence-corrected chi connectivity index (χ1v) is 7.94. The molecule has 1 aromatic rings. The first-order valence-electron chi connectivity index (χ1n) is 7.94. The van der Waals surface area contributed by atoms with E-state index in [1.54, 1.807) is 7.11 Å². The number of nitrogens with two attached hydrogens (primary N) is 1. The third kappa shape index (κ3) is 5.00. The maximum Gasteiger partial charge on any atom is 0.237 e. The molecule has 0 saturated carbocycles. The molecule has 1 aliphatic rings. The quantitative estimate of drug-likeness (QED) is 0.749. The molecule has 2 rings (SSSR count). The monoisotopic (exact) mass is 306 g/mol. The average molecular weight is 306 g/mol. The molecule has 1 aromatic carbocycles. The van der Waals surface area contributed by atoms with Crippen LogP contribution in [0, 0.1) is 5.92 Å². The molecule has 0 bridgehead atoms. The zero-order valence-corrected chi connectivity index (χ0v) is 13.2. The molecule has 1 aliphatic heterocycles. The standard InChI is InChI=1S/C17H26N2O3/c1-21-15-6-4-13(5-7-15)3-2-10-19-17(20)16(18)14-8-11-22-12-9-14/h4-7,14,16H,2-3,8-12,18H2,1H3,(H,19,20). The Balaban J connectivity index is 1.65. The van der Waals surface area contributed by atoms with E-state index in [9.17, 15) is 4.79 Å². The lowest BCUT2D eigenvalue weighted by Gasteiger charge is -2.26. The SMILES string of the molecule is COc1ccc(CCCNC(=O)C(N)C2CCOCC2)cc1. The number of hydrogen-bond acceptors (Lipinski definition) is 4. The number of methoxy groups -OCH3 is 1. The number of ether oxygens (including phenoxy) is 2. The van der Waals surface area contributed by atoms with Crippen LogP contribution in [-0.4, -0.2) is 38.8 Å². The van der Waals surface area contributed by atoms with Crippen LogP contribution in [0.5, 0.6) is 5.75 Å². The molecule has 5 nitrogen and oxygen atoms in total. The molecule has 1 amide bonds. The summed E-state index contributed by atoms with van der Waals surface area (Å²) < 4.78 is 10.4. The topological polar surface area (TPSA) is 73.6 Å². The van der Waals surface area contributed by atoms with E-state index in [0.29, 0.717) is 19.8 Å². The van der Waals surface area contributed by atoms with Gasteiger partial charge >= 0.3 is 0 Å². The van der Waals surface area contributed by atoms with Crippen LogP contribution in [0.4, 0.5) is 0 Å². The van der Waals surface area contributed by atoms with Crippen molar-refractivity contribution in [3.05, 3.63) is 29.8 Å². The molecular formula is C17H26N2O3. The lowest BCUT2D eigenvalue weighted by atomic mass is 9.92. The van der Waals surface area contributed by atoms with Gasteiger partial charge in [0.2, 0.25) is 5.91 Å². The first kappa shape index (κ1) is 16.8. The van der Waals surface area contributed by atoms with Crippen molar-refractivity contribution in [3.63, 3.8) is 0 Å². The second-order valence-corrected chi connectivity index (χ2v) is 5.72. The minimum absolute atomic E-state index is 0.0402. The Kier molecular flexibility index (Phi) is 6.68.